The maximum Gasteiger partial charge on any atom is 0.328 e. The molecule has 0 saturated heterocycles. The number of rotatable bonds is 4. The van der Waals surface area contributed by atoms with Crippen LogP contribution in [0.15, 0.2) is 53.4 Å². The zero-order valence-electron chi connectivity index (χ0n) is 11.0. The Labute approximate surface area is 129 Å². The van der Waals surface area contributed by atoms with Crippen LogP contribution in [0.3, 0.4) is 0 Å². The third-order valence-corrected chi connectivity index (χ3v) is 3.73. The molecule has 0 bridgehead atoms. The van der Waals surface area contributed by atoms with Crippen LogP contribution in [0.1, 0.15) is 17.9 Å². The van der Waals surface area contributed by atoms with Gasteiger partial charge in [0.25, 0.3) is 0 Å². The summed E-state index contributed by atoms with van der Waals surface area (Å²) in [5.41, 5.74) is 2.81. The first-order valence-electron chi connectivity index (χ1n) is 6.32. The summed E-state index contributed by atoms with van der Waals surface area (Å²) in [5.74, 6) is -0.420. The van der Waals surface area contributed by atoms with E-state index in [4.69, 9.17) is 16.3 Å². The average molecular weight is 307 g/mol. The molecule has 20 heavy (non-hydrogen) atoms. The molecule has 4 heteroatoms. The van der Waals surface area contributed by atoms with Crippen LogP contribution in [0, 0.1) is 0 Å². The largest absolute Gasteiger partial charge is 0.465 e. The standard InChI is InChI=1S/C16H15ClO2S/c1-2-19-16(18)15(17)12-9-7-11(8-10-12)13-5-3-4-6-14(13)20/h3-10,15,20H,2H2,1H3. The zero-order chi connectivity index (χ0) is 14.5. The van der Waals surface area contributed by atoms with Gasteiger partial charge >= 0.3 is 5.97 Å². The van der Waals surface area contributed by atoms with Crippen LogP contribution < -0.4 is 0 Å². The lowest BCUT2D eigenvalue weighted by Crippen LogP contribution is -2.10. The molecular formula is C16H15ClO2S. The van der Waals surface area contributed by atoms with Crippen molar-refractivity contribution >= 4 is 30.2 Å². The molecule has 2 aromatic carbocycles. The minimum Gasteiger partial charge on any atom is -0.465 e. The summed E-state index contributed by atoms with van der Waals surface area (Å²) in [6.45, 7) is 2.08. The van der Waals surface area contributed by atoms with E-state index < -0.39 is 11.3 Å². The number of halogens is 1. The first kappa shape index (κ1) is 14.9. The van der Waals surface area contributed by atoms with Gasteiger partial charge in [-0.25, -0.2) is 0 Å². The molecule has 0 N–H and O–H groups in total. The van der Waals surface area contributed by atoms with Gasteiger partial charge in [0.2, 0.25) is 0 Å². The number of carbonyl (C=O) groups excluding carboxylic acids is 1. The topological polar surface area (TPSA) is 26.3 Å². The Balaban J connectivity index is 2.23. The van der Waals surface area contributed by atoms with Gasteiger partial charge in [-0.1, -0.05) is 42.5 Å². The fourth-order valence-electron chi connectivity index (χ4n) is 1.90. The van der Waals surface area contributed by atoms with Gasteiger partial charge in [0.1, 0.15) is 0 Å². The number of hydrogen-bond acceptors (Lipinski definition) is 3. The number of carbonyl (C=O) groups is 1. The molecule has 0 aromatic heterocycles. The van der Waals surface area contributed by atoms with Gasteiger partial charge in [0.15, 0.2) is 5.38 Å². The van der Waals surface area contributed by atoms with Crippen LogP contribution in [0.2, 0.25) is 0 Å². The van der Waals surface area contributed by atoms with Crippen molar-refractivity contribution < 1.29 is 9.53 Å². The second-order valence-electron chi connectivity index (χ2n) is 4.25. The highest BCUT2D eigenvalue weighted by Gasteiger charge is 2.18. The molecule has 0 amide bonds. The number of thiol groups is 1. The Hall–Kier alpha value is -1.45. The minimum atomic E-state index is -0.768. The molecule has 0 aliphatic carbocycles. The molecule has 0 aliphatic heterocycles. The molecule has 2 rings (SSSR count). The Morgan fingerprint density at radius 2 is 1.85 bits per heavy atom. The highest BCUT2D eigenvalue weighted by atomic mass is 35.5. The SMILES string of the molecule is CCOC(=O)C(Cl)c1ccc(-c2ccccc2S)cc1. The lowest BCUT2D eigenvalue weighted by molar-refractivity contribution is -0.142. The highest BCUT2D eigenvalue weighted by molar-refractivity contribution is 7.80. The third kappa shape index (κ3) is 3.35. The van der Waals surface area contributed by atoms with E-state index in [1.165, 1.54) is 0 Å². The smallest absolute Gasteiger partial charge is 0.328 e. The van der Waals surface area contributed by atoms with Crippen molar-refractivity contribution in [3.8, 4) is 11.1 Å². The number of benzene rings is 2. The van der Waals surface area contributed by atoms with Gasteiger partial charge in [-0.2, -0.15) is 0 Å². The van der Waals surface area contributed by atoms with Crippen LogP contribution in [-0.4, -0.2) is 12.6 Å². The maximum atomic E-state index is 11.6. The second kappa shape index (κ2) is 6.82. The normalized spacial score (nSPS) is 11.9. The lowest BCUT2D eigenvalue weighted by Gasteiger charge is -2.10. The van der Waals surface area contributed by atoms with Gasteiger partial charge in [0.05, 0.1) is 6.61 Å². The lowest BCUT2D eigenvalue weighted by atomic mass is 10.0. The van der Waals surface area contributed by atoms with Crippen molar-refractivity contribution in [2.75, 3.05) is 6.61 Å². The van der Waals surface area contributed by atoms with Crippen LogP contribution >= 0.6 is 24.2 Å². The first-order valence-corrected chi connectivity index (χ1v) is 7.21. The summed E-state index contributed by atoms with van der Waals surface area (Å²) >= 11 is 10.5. The number of alkyl halides is 1. The molecule has 2 nitrogen and oxygen atoms in total. The van der Waals surface area contributed by atoms with Crippen LogP contribution in [0.5, 0.6) is 0 Å². The fraction of sp³-hybridized carbons (Fsp3) is 0.188. The molecule has 1 atom stereocenters. The van der Waals surface area contributed by atoms with E-state index >= 15 is 0 Å². The maximum absolute atomic E-state index is 11.6. The quantitative estimate of drug-likeness (QED) is 0.512. The number of esters is 1. The van der Waals surface area contributed by atoms with Crippen molar-refractivity contribution in [2.24, 2.45) is 0 Å². The molecule has 0 radical (unpaired) electrons. The molecule has 104 valence electrons. The molecular weight excluding hydrogens is 292 g/mol. The van der Waals surface area contributed by atoms with Gasteiger partial charge in [-0.05, 0) is 29.7 Å². The van der Waals surface area contributed by atoms with Crippen molar-refractivity contribution in [3.63, 3.8) is 0 Å². The van der Waals surface area contributed by atoms with E-state index in [0.29, 0.717) is 6.61 Å². The minimum absolute atomic E-state index is 0.327. The van der Waals surface area contributed by atoms with Gasteiger partial charge < -0.3 is 4.74 Å². The molecule has 0 aliphatic rings. The van der Waals surface area contributed by atoms with E-state index in [1.807, 2.05) is 48.5 Å². The van der Waals surface area contributed by atoms with Crippen molar-refractivity contribution in [3.05, 3.63) is 54.1 Å². The van der Waals surface area contributed by atoms with Crippen LogP contribution in [-0.2, 0) is 9.53 Å². The highest BCUT2D eigenvalue weighted by Crippen LogP contribution is 2.29. The molecule has 0 saturated carbocycles. The number of hydrogen-bond donors (Lipinski definition) is 1. The predicted molar refractivity (Wildman–Crippen MR) is 84.4 cm³/mol. The Morgan fingerprint density at radius 3 is 2.45 bits per heavy atom. The average Bonchev–Trinajstić information content (AvgIpc) is 2.47. The monoisotopic (exact) mass is 306 g/mol. The van der Waals surface area contributed by atoms with E-state index in [9.17, 15) is 4.79 Å². The second-order valence-corrected chi connectivity index (χ2v) is 5.17. The summed E-state index contributed by atoms with van der Waals surface area (Å²) in [6.07, 6.45) is 0. The zero-order valence-corrected chi connectivity index (χ0v) is 12.7. The molecule has 2 aromatic rings. The van der Waals surface area contributed by atoms with Gasteiger partial charge in [-0.3, -0.25) is 4.79 Å². The Morgan fingerprint density at radius 1 is 1.20 bits per heavy atom. The van der Waals surface area contributed by atoms with E-state index in [1.54, 1.807) is 6.92 Å². The summed E-state index contributed by atoms with van der Waals surface area (Å²) in [5, 5.41) is -0.768. The summed E-state index contributed by atoms with van der Waals surface area (Å²) < 4.78 is 4.91. The molecule has 0 fully saturated rings. The molecule has 0 spiro atoms. The summed E-state index contributed by atoms with van der Waals surface area (Å²) in [6, 6.07) is 15.4. The summed E-state index contributed by atoms with van der Waals surface area (Å²) in [7, 11) is 0. The molecule has 1 unspecified atom stereocenters. The van der Waals surface area contributed by atoms with E-state index in [2.05, 4.69) is 12.6 Å². The van der Waals surface area contributed by atoms with Crippen molar-refractivity contribution in [2.45, 2.75) is 17.2 Å². The first-order chi connectivity index (χ1) is 9.63. The Kier molecular flexibility index (Phi) is 5.10. The van der Waals surface area contributed by atoms with E-state index in [-0.39, 0.29) is 0 Å². The molecule has 0 heterocycles. The van der Waals surface area contributed by atoms with Crippen LogP contribution in [0.4, 0.5) is 0 Å². The van der Waals surface area contributed by atoms with Crippen molar-refractivity contribution in [1.29, 1.82) is 0 Å². The van der Waals surface area contributed by atoms with Gasteiger partial charge in [-0.15, -0.1) is 24.2 Å². The van der Waals surface area contributed by atoms with Crippen LogP contribution in [0.25, 0.3) is 11.1 Å². The van der Waals surface area contributed by atoms with E-state index in [0.717, 1.165) is 21.6 Å². The Bertz CT molecular complexity index is 596. The number of ether oxygens (including phenoxy) is 1. The summed E-state index contributed by atoms with van der Waals surface area (Å²) in [4.78, 5) is 12.5. The van der Waals surface area contributed by atoms with Crippen molar-refractivity contribution in [1.82, 2.24) is 0 Å². The van der Waals surface area contributed by atoms with Gasteiger partial charge in [0, 0.05) is 4.90 Å². The third-order valence-electron chi connectivity index (χ3n) is 2.91. The fourth-order valence-corrected chi connectivity index (χ4v) is 2.40. The predicted octanol–water partition coefficient (Wildman–Crippen LogP) is 4.49.